The maximum atomic E-state index is 11.8. The lowest BCUT2D eigenvalue weighted by atomic mass is 10.2. The maximum Gasteiger partial charge on any atom is 0.319 e. The molecule has 0 amide bonds. The number of aromatic nitrogens is 2. The molecular formula is C20H21N3O4S. The summed E-state index contributed by atoms with van der Waals surface area (Å²) in [6.07, 6.45) is 0. The number of benzene rings is 2. The van der Waals surface area contributed by atoms with Crippen molar-refractivity contribution >= 4 is 18.2 Å². The second-order valence-corrected chi connectivity index (χ2v) is 6.44. The molecule has 0 aliphatic carbocycles. The van der Waals surface area contributed by atoms with Crippen molar-refractivity contribution in [1.29, 1.82) is 0 Å². The van der Waals surface area contributed by atoms with E-state index < -0.39 is 0 Å². The van der Waals surface area contributed by atoms with Gasteiger partial charge < -0.3 is 13.9 Å². The topological polar surface area (TPSA) is 69.7 Å². The summed E-state index contributed by atoms with van der Waals surface area (Å²) in [7, 11) is 2.98. The zero-order chi connectivity index (χ0) is 19.9. The number of rotatable bonds is 8. The van der Waals surface area contributed by atoms with Crippen LogP contribution in [0, 0.1) is 4.84 Å². The normalized spacial score (nSPS) is 10.8. The van der Waals surface area contributed by atoms with E-state index in [2.05, 4.69) is 5.10 Å². The second kappa shape index (κ2) is 9.29. The Morgan fingerprint density at radius 2 is 1.86 bits per heavy atom. The van der Waals surface area contributed by atoms with Crippen molar-refractivity contribution in [2.24, 2.45) is 0 Å². The third kappa shape index (κ3) is 5.05. The van der Waals surface area contributed by atoms with E-state index in [0.717, 1.165) is 16.9 Å². The van der Waals surface area contributed by atoms with Gasteiger partial charge in [0.05, 0.1) is 27.4 Å². The van der Waals surface area contributed by atoms with Crippen LogP contribution in [0.3, 0.4) is 0 Å². The molecule has 2 aromatic carbocycles. The molecule has 8 heteroatoms. The summed E-state index contributed by atoms with van der Waals surface area (Å²) < 4.78 is 17.2. The molecule has 0 aliphatic heterocycles. The van der Waals surface area contributed by atoms with Crippen LogP contribution in [0.15, 0.2) is 59.0 Å². The lowest BCUT2D eigenvalue weighted by Gasteiger charge is -2.20. The van der Waals surface area contributed by atoms with Crippen molar-refractivity contribution in [2.45, 2.75) is 13.2 Å². The molecule has 146 valence electrons. The summed E-state index contributed by atoms with van der Waals surface area (Å²) in [5.74, 6) is 0.820. The van der Waals surface area contributed by atoms with Crippen molar-refractivity contribution in [3.05, 3.63) is 65.0 Å². The summed E-state index contributed by atoms with van der Waals surface area (Å²) in [5.41, 5.74) is 1.85. The van der Waals surface area contributed by atoms with Gasteiger partial charge in [0.1, 0.15) is 5.75 Å². The van der Waals surface area contributed by atoms with Crippen LogP contribution in [0.2, 0.25) is 0 Å². The zero-order valence-corrected chi connectivity index (χ0v) is 16.5. The van der Waals surface area contributed by atoms with E-state index in [1.54, 1.807) is 11.8 Å². The molecule has 0 N–H and O–H groups in total. The predicted molar refractivity (Wildman–Crippen MR) is 106 cm³/mol. The van der Waals surface area contributed by atoms with Crippen LogP contribution in [0.25, 0.3) is 11.5 Å². The average molecular weight is 399 g/mol. The minimum absolute atomic E-state index is 0.109. The van der Waals surface area contributed by atoms with E-state index >= 15 is 0 Å². The number of methoxy groups -OCH3 is 2. The molecule has 0 bridgehead atoms. The number of ether oxygens (including phenoxy) is 2. The van der Waals surface area contributed by atoms with E-state index in [1.165, 1.54) is 7.11 Å². The van der Waals surface area contributed by atoms with E-state index in [1.807, 2.05) is 59.5 Å². The third-order valence-corrected chi connectivity index (χ3v) is 4.40. The first-order chi connectivity index (χ1) is 13.6. The summed E-state index contributed by atoms with van der Waals surface area (Å²) >= 11 is 5.31. The molecule has 1 aromatic heterocycles. The zero-order valence-electron chi connectivity index (χ0n) is 15.7. The van der Waals surface area contributed by atoms with E-state index in [9.17, 15) is 4.79 Å². The number of esters is 1. The van der Waals surface area contributed by atoms with Gasteiger partial charge in [0.15, 0.2) is 0 Å². The largest absolute Gasteiger partial charge is 0.497 e. The van der Waals surface area contributed by atoms with Gasteiger partial charge in [-0.05, 0) is 42.0 Å². The van der Waals surface area contributed by atoms with Gasteiger partial charge >= 0.3 is 5.97 Å². The smallest absolute Gasteiger partial charge is 0.319 e. The molecule has 1 heterocycles. The monoisotopic (exact) mass is 399 g/mol. The van der Waals surface area contributed by atoms with Crippen LogP contribution in [0.1, 0.15) is 5.56 Å². The molecule has 0 atom stereocenters. The SMILES string of the molecule is COC(=O)CN(Cc1ccccc1)Cn1nc(-c2ccc(OC)cc2)oc1=S. The number of hydrogen-bond donors (Lipinski definition) is 0. The third-order valence-electron chi connectivity index (χ3n) is 4.11. The van der Waals surface area contributed by atoms with Gasteiger partial charge in [0.25, 0.3) is 4.84 Å². The van der Waals surface area contributed by atoms with Gasteiger partial charge in [-0.25, -0.2) is 4.68 Å². The van der Waals surface area contributed by atoms with E-state index in [4.69, 9.17) is 26.1 Å². The van der Waals surface area contributed by atoms with Crippen molar-refractivity contribution in [1.82, 2.24) is 14.7 Å². The van der Waals surface area contributed by atoms with Crippen LogP contribution in [-0.4, -0.2) is 41.4 Å². The Labute approximate surface area is 168 Å². The minimum atomic E-state index is -0.332. The lowest BCUT2D eigenvalue weighted by molar-refractivity contribution is -0.142. The summed E-state index contributed by atoms with van der Waals surface area (Å²) in [4.78, 5) is 13.9. The number of carbonyl (C=O) groups is 1. The minimum Gasteiger partial charge on any atom is -0.497 e. The lowest BCUT2D eigenvalue weighted by Crippen LogP contribution is -2.32. The molecule has 0 saturated carbocycles. The molecule has 0 radical (unpaired) electrons. The highest BCUT2D eigenvalue weighted by molar-refractivity contribution is 7.71. The molecule has 7 nitrogen and oxygen atoms in total. The molecule has 0 fully saturated rings. The first-order valence-corrected chi connectivity index (χ1v) is 9.05. The van der Waals surface area contributed by atoms with Gasteiger partial charge in [-0.15, -0.1) is 5.10 Å². The van der Waals surface area contributed by atoms with Crippen LogP contribution in [-0.2, 0) is 22.7 Å². The van der Waals surface area contributed by atoms with Gasteiger partial charge in [-0.2, -0.15) is 0 Å². The highest BCUT2D eigenvalue weighted by atomic mass is 32.1. The fourth-order valence-electron chi connectivity index (χ4n) is 2.68. The second-order valence-electron chi connectivity index (χ2n) is 6.09. The Hall–Kier alpha value is -2.97. The fraction of sp³-hybridized carbons (Fsp3) is 0.250. The molecule has 3 aromatic rings. The summed E-state index contributed by atoms with van der Waals surface area (Å²) in [6.45, 7) is 0.947. The van der Waals surface area contributed by atoms with Crippen LogP contribution < -0.4 is 4.74 Å². The van der Waals surface area contributed by atoms with Crippen LogP contribution in [0.4, 0.5) is 0 Å². The van der Waals surface area contributed by atoms with Crippen molar-refractivity contribution in [3.8, 4) is 17.2 Å². The van der Waals surface area contributed by atoms with Crippen molar-refractivity contribution in [3.63, 3.8) is 0 Å². The first-order valence-electron chi connectivity index (χ1n) is 8.64. The highest BCUT2D eigenvalue weighted by Gasteiger charge is 2.16. The Kier molecular flexibility index (Phi) is 6.57. The first kappa shape index (κ1) is 19.8. The van der Waals surface area contributed by atoms with Crippen molar-refractivity contribution in [2.75, 3.05) is 20.8 Å². The number of nitrogens with zero attached hydrogens (tertiary/aromatic N) is 3. The van der Waals surface area contributed by atoms with Crippen LogP contribution in [0.5, 0.6) is 5.75 Å². The quantitative estimate of drug-likeness (QED) is 0.424. The van der Waals surface area contributed by atoms with Crippen LogP contribution >= 0.6 is 12.2 Å². The van der Waals surface area contributed by atoms with Crippen molar-refractivity contribution < 1.29 is 18.7 Å². The Morgan fingerprint density at radius 1 is 1.14 bits per heavy atom. The molecular weight excluding hydrogens is 378 g/mol. The molecule has 0 unspecified atom stereocenters. The Morgan fingerprint density at radius 3 is 2.50 bits per heavy atom. The van der Waals surface area contributed by atoms with Gasteiger partial charge in [0, 0.05) is 12.1 Å². The Bertz CT molecular complexity index is 967. The number of carbonyl (C=O) groups excluding carboxylic acids is 1. The maximum absolute atomic E-state index is 11.8. The standard InChI is InChI=1S/C20H21N3O4S/c1-25-17-10-8-16(9-11-17)19-21-23(20(28)27-19)14-22(13-18(24)26-2)12-15-6-4-3-5-7-15/h3-11H,12-14H2,1-2H3. The van der Waals surface area contributed by atoms with E-state index in [0.29, 0.717) is 19.1 Å². The number of hydrogen-bond acceptors (Lipinski definition) is 7. The van der Waals surface area contributed by atoms with E-state index in [-0.39, 0.29) is 17.4 Å². The highest BCUT2D eigenvalue weighted by Crippen LogP contribution is 2.21. The fourth-order valence-corrected chi connectivity index (χ4v) is 2.86. The molecule has 3 rings (SSSR count). The predicted octanol–water partition coefficient (Wildman–Crippen LogP) is 3.51. The average Bonchev–Trinajstić information content (AvgIpc) is 3.09. The van der Waals surface area contributed by atoms with Gasteiger partial charge in [0.2, 0.25) is 5.89 Å². The summed E-state index contributed by atoms with van der Waals surface area (Å²) in [6, 6.07) is 17.2. The van der Waals surface area contributed by atoms with Gasteiger partial charge in [-0.1, -0.05) is 30.3 Å². The summed E-state index contributed by atoms with van der Waals surface area (Å²) in [5, 5.41) is 4.46. The molecule has 28 heavy (non-hydrogen) atoms. The molecule has 0 saturated heterocycles. The molecule has 0 aliphatic rings. The van der Waals surface area contributed by atoms with Gasteiger partial charge in [-0.3, -0.25) is 9.69 Å². The molecule has 0 spiro atoms. The Balaban J connectivity index is 1.80.